The second-order valence-corrected chi connectivity index (χ2v) is 7.68. The number of nitro benzene ring substituents is 1. The van der Waals surface area contributed by atoms with Crippen LogP contribution in [-0.2, 0) is 12.8 Å². The van der Waals surface area contributed by atoms with Crippen LogP contribution in [0.2, 0.25) is 5.02 Å². The highest BCUT2D eigenvalue weighted by Crippen LogP contribution is 2.39. The summed E-state index contributed by atoms with van der Waals surface area (Å²) in [7, 11) is 1.61. The predicted molar refractivity (Wildman–Crippen MR) is 108 cm³/mol. The van der Waals surface area contributed by atoms with Crippen LogP contribution in [0.25, 0.3) is 11.3 Å². The van der Waals surface area contributed by atoms with Crippen molar-refractivity contribution in [1.29, 1.82) is 0 Å². The number of hydrogen-bond acceptors (Lipinski definition) is 6. The minimum Gasteiger partial charge on any atom is -0.497 e. The lowest BCUT2D eigenvalue weighted by Gasteiger charge is -2.15. The van der Waals surface area contributed by atoms with E-state index in [0.717, 1.165) is 40.8 Å². The number of fused-ring (bicyclic) bond motifs is 3. The first-order chi connectivity index (χ1) is 13.5. The van der Waals surface area contributed by atoms with Crippen LogP contribution < -0.4 is 10.1 Å². The number of amides is 1. The molecule has 0 fully saturated rings. The minimum absolute atomic E-state index is 0.0334. The third kappa shape index (κ3) is 3.32. The van der Waals surface area contributed by atoms with Gasteiger partial charge in [-0.1, -0.05) is 17.7 Å². The Bertz CT molecular complexity index is 1110. The van der Waals surface area contributed by atoms with Crippen LogP contribution in [0.1, 0.15) is 20.8 Å². The molecule has 0 aliphatic heterocycles. The molecule has 2 aromatic carbocycles. The normalized spacial score (nSPS) is 12.1. The van der Waals surface area contributed by atoms with E-state index in [1.165, 1.54) is 29.0 Å². The van der Waals surface area contributed by atoms with Gasteiger partial charge in [-0.3, -0.25) is 20.2 Å². The van der Waals surface area contributed by atoms with E-state index in [1.807, 2.05) is 18.2 Å². The van der Waals surface area contributed by atoms with Gasteiger partial charge in [0.2, 0.25) is 0 Å². The fourth-order valence-electron chi connectivity index (χ4n) is 3.12. The highest BCUT2D eigenvalue weighted by molar-refractivity contribution is 7.16. The van der Waals surface area contributed by atoms with Crippen molar-refractivity contribution in [2.45, 2.75) is 12.8 Å². The number of anilines is 1. The second kappa shape index (κ2) is 7.21. The first-order valence-electron chi connectivity index (χ1n) is 8.38. The molecule has 1 aliphatic rings. The summed E-state index contributed by atoms with van der Waals surface area (Å²) in [6, 6.07) is 9.64. The molecule has 1 N–H and O–H groups in total. The first-order valence-corrected chi connectivity index (χ1v) is 9.58. The molecule has 0 saturated heterocycles. The molecular weight excluding hydrogens is 402 g/mol. The van der Waals surface area contributed by atoms with Crippen LogP contribution in [0, 0.1) is 10.1 Å². The summed E-state index contributed by atoms with van der Waals surface area (Å²) < 4.78 is 5.30. The van der Waals surface area contributed by atoms with Crippen LogP contribution in [0.3, 0.4) is 0 Å². The Morgan fingerprint density at radius 3 is 2.86 bits per heavy atom. The maximum Gasteiger partial charge on any atom is 0.270 e. The number of methoxy groups -OCH3 is 1. The van der Waals surface area contributed by atoms with Gasteiger partial charge in [0.15, 0.2) is 5.13 Å². The van der Waals surface area contributed by atoms with Crippen LogP contribution in [0.4, 0.5) is 10.8 Å². The lowest BCUT2D eigenvalue weighted by molar-refractivity contribution is -0.384. The van der Waals surface area contributed by atoms with E-state index in [9.17, 15) is 14.9 Å². The number of thiazole rings is 1. The number of carbonyl (C=O) groups excluding carboxylic acids is 1. The van der Waals surface area contributed by atoms with Gasteiger partial charge in [-0.15, -0.1) is 11.3 Å². The van der Waals surface area contributed by atoms with Crippen LogP contribution in [-0.4, -0.2) is 22.9 Å². The van der Waals surface area contributed by atoms with Gasteiger partial charge in [0.25, 0.3) is 11.6 Å². The summed E-state index contributed by atoms with van der Waals surface area (Å²) in [6.45, 7) is 0. The lowest BCUT2D eigenvalue weighted by Crippen LogP contribution is -2.12. The molecule has 1 aliphatic carbocycles. The smallest absolute Gasteiger partial charge is 0.270 e. The number of carbonyl (C=O) groups is 1. The molecule has 0 atom stereocenters. The topological polar surface area (TPSA) is 94.4 Å². The third-order valence-corrected chi connectivity index (χ3v) is 5.88. The third-order valence-electron chi connectivity index (χ3n) is 4.52. The van der Waals surface area contributed by atoms with E-state index in [4.69, 9.17) is 16.3 Å². The van der Waals surface area contributed by atoms with Gasteiger partial charge >= 0.3 is 0 Å². The van der Waals surface area contributed by atoms with Gasteiger partial charge in [-0.25, -0.2) is 4.98 Å². The Balaban J connectivity index is 1.64. The summed E-state index contributed by atoms with van der Waals surface area (Å²) in [5.41, 5.74) is 2.83. The van der Waals surface area contributed by atoms with E-state index >= 15 is 0 Å². The average Bonchev–Trinajstić information content (AvgIpc) is 3.10. The van der Waals surface area contributed by atoms with E-state index in [2.05, 4.69) is 10.3 Å². The van der Waals surface area contributed by atoms with Gasteiger partial charge in [0, 0.05) is 22.6 Å². The number of aromatic nitrogens is 1. The molecule has 1 amide bonds. The molecule has 4 rings (SSSR count). The highest BCUT2D eigenvalue weighted by atomic mass is 35.5. The number of aryl methyl sites for hydroxylation is 2. The van der Waals surface area contributed by atoms with Crippen molar-refractivity contribution in [3.8, 4) is 17.0 Å². The highest BCUT2D eigenvalue weighted by Gasteiger charge is 2.23. The number of rotatable bonds is 4. The van der Waals surface area contributed by atoms with Crippen molar-refractivity contribution >= 4 is 39.7 Å². The van der Waals surface area contributed by atoms with E-state index in [0.29, 0.717) is 5.13 Å². The minimum atomic E-state index is -0.570. The number of ether oxygens (including phenoxy) is 1. The average molecular weight is 416 g/mol. The number of nitro groups is 1. The standard InChI is InChI=1S/C19H14ClN3O4S/c1-27-12-5-2-10-3-7-16-17(13(10)9-12)21-19(28-16)22-18(24)14-8-11(23(25)26)4-6-15(14)20/h2,4-6,8-9H,3,7H2,1H3,(H,21,22,24). The number of non-ortho nitro benzene ring substituents is 1. The molecule has 9 heteroatoms. The van der Waals surface area contributed by atoms with Gasteiger partial charge in [-0.05, 0) is 36.6 Å². The molecule has 7 nitrogen and oxygen atoms in total. The van der Waals surface area contributed by atoms with Crippen LogP contribution in [0.15, 0.2) is 36.4 Å². The van der Waals surface area contributed by atoms with E-state index in [1.54, 1.807) is 7.11 Å². The molecule has 142 valence electrons. The van der Waals surface area contributed by atoms with Crippen molar-refractivity contribution in [3.63, 3.8) is 0 Å². The molecule has 0 unspecified atom stereocenters. The fraction of sp³-hybridized carbons (Fsp3) is 0.158. The quantitative estimate of drug-likeness (QED) is 0.491. The van der Waals surface area contributed by atoms with Gasteiger partial charge in [0.1, 0.15) is 5.75 Å². The Morgan fingerprint density at radius 2 is 2.11 bits per heavy atom. The van der Waals surface area contributed by atoms with Gasteiger partial charge in [-0.2, -0.15) is 0 Å². The van der Waals surface area contributed by atoms with Crippen LogP contribution in [0.5, 0.6) is 5.75 Å². The summed E-state index contributed by atoms with van der Waals surface area (Å²) in [5.74, 6) is 0.208. The molecule has 1 heterocycles. The summed E-state index contributed by atoms with van der Waals surface area (Å²) in [4.78, 5) is 28.6. The predicted octanol–water partition coefficient (Wildman–Crippen LogP) is 4.73. The monoisotopic (exact) mass is 415 g/mol. The Morgan fingerprint density at radius 1 is 1.29 bits per heavy atom. The van der Waals surface area contributed by atoms with E-state index < -0.39 is 10.8 Å². The molecule has 1 aromatic heterocycles. The van der Waals surface area contributed by atoms with Crippen molar-refractivity contribution in [2.24, 2.45) is 0 Å². The zero-order chi connectivity index (χ0) is 19.8. The zero-order valence-electron chi connectivity index (χ0n) is 14.7. The summed E-state index contributed by atoms with van der Waals surface area (Å²) in [6.07, 6.45) is 1.72. The summed E-state index contributed by atoms with van der Waals surface area (Å²) >= 11 is 7.44. The molecule has 0 bridgehead atoms. The molecule has 28 heavy (non-hydrogen) atoms. The van der Waals surface area contributed by atoms with Crippen molar-refractivity contribution in [3.05, 3.63) is 67.5 Å². The molecular formula is C19H14ClN3O4S. The second-order valence-electron chi connectivity index (χ2n) is 6.19. The van der Waals surface area contributed by atoms with Crippen LogP contribution >= 0.6 is 22.9 Å². The summed E-state index contributed by atoms with van der Waals surface area (Å²) in [5, 5.41) is 14.2. The number of benzene rings is 2. The lowest BCUT2D eigenvalue weighted by atomic mass is 9.93. The van der Waals surface area contributed by atoms with E-state index in [-0.39, 0.29) is 16.3 Å². The number of nitrogens with zero attached hydrogens (tertiary/aromatic N) is 2. The molecule has 0 spiro atoms. The van der Waals surface area contributed by atoms with Crippen molar-refractivity contribution in [1.82, 2.24) is 4.98 Å². The van der Waals surface area contributed by atoms with Gasteiger partial charge in [0.05, 0.1) is 28.3 Å². The van der Waals surface area contributed by atoms with Gasteiger partial charge < -0.3 is 4.74 Å². The first kappa shape index (κ1) is 18.4. The van der Waals surface area contributed by atoms with Crippen molar-refractivity contribution in [2.75, 3.05) is 12.4 Å². The molecule has 0 saturated carbocycles. The molecule has 3 aromatic rings. The maximum atomic E-state index is 12.6. The zero-order valence-corrected chi connectivity index (χ0v) is 16.3. The Labute approximate surface area is 169 Å². The Hall–Kier alpha value is -2.97. The maximum absolute atomic E-state index is 12.6. The number of nitrogens with one attached hydrogen (secondary N) is 1. The van der Waals surface area contributed by atoms with Crippen molar-refractivity contribution < 1.29 is 14.5 Å². The largest absolute Gasteiger partial charge is 0.497 e. The number of hydrogen-bond donors (Lipinski definition) is 1. The Kier molecular flexibility index (Phi) is 4.74. The number of halogens is 1. The fourth-order valence-corrected chi connectivity index (χ4v) is 4.29. The molecule has 0 radical (unpaired) electrons. The SMILES string of the molecule is COc1ccc2c(c1)-c1nc(NC(=O)c3cc([N+](=O)[O-])ccc3Cl)sc1CC2.